The standard InChI is InChI=1S/C23H17ClN4O3/c24-20-11-10-17(12-19(20)22(30)27-16-7-2-1-3-8-16)26-21(29)14-28-23(31)18-9-5-4-6-15(18)13-25-28/h1-13H,14H2,(H,26,29)(H,27,30). The minimum absolute atomic E-state index is 0.212. The summed E-state index contributed by atoms with van der Waals surface area (Å²) in [4.78, 5) is 37.6. The van der Waals surface area contributed by atoms with E-state index in [9.17, 15) is 14.4 Å². The van der Waals surface area contributed by atoms with Crippen LogP contribution in [0.25, 0.3) is 10.8 Å². The Morgan fingerprint density at radius 1 is 0.903 bits per heavy atom. The molecule has 154 valence electrons. The number of carbonyl (C=O) groups is 2. The van der Waals surface area contributed by atoms with E-state index >= 15 is 0 Å². The van der Waals surface area contributed by atoms with Gasteiger partial charge in [-0.3, -0.25) is 14.4 Å². The minimum Gasteiger partial charge on any atom is -0.324 e. The van der Waals surface area contributed by atoms with Crippen molar-refractivity contribution in [1.82, 2.24) is 9.78 Å². The van der Waals surface area contributed by atoms with Crippen molar-refractivity contribution in [3.63, 3.8) is 0 Å². The highest BCUT2D eigenvalue weighted by Gasteiger charge is 2.14. The van der Waals surface area contributed by atoms with Crippen molar-refractivity contribution in [1.29, 1.82) is 0 Å². The first-order chi connectivity index (χ1) is 15.0. The Balaban J connectivity index is 1.50. The maximum absolute atomic E-state index is 12.6. The number of hydrogen-bond acceptors (Lipinski definition) is 4. The summed E-state index contributed by atoms with van der Waals surface area (Å²) in [5, 5.41) is 10.9. The Morgan fingerprint density at radius 3 is 2.45 bits per heavy atom. The summed E-state index contributed by atoms with van der Waals surface area (Å²) in [6.45, 7) is -0.266. The summed E-state index contributed by atoms with van der Waals surface area (Å²) in [5.41, 5.74) is 0.859. The van der Waals surface area contributed by atoms with Crippen molar-refractivity contribution < 1.29 is 9.59 Å². The van der Waals surface area contributed by atoms with Crippen LogP contribution < -0.4 is 16.2 Å². The van der Waals surface area contributed by atoms with Gasteiger partial charge >= 0.3 is 0 Å². The molecular weight excluding hydrogens is 416 g/mol. The largest absolute Gasteiger partial charge is 0.324 e. The van der Waals surface area contributed by atoms with E-state index in [4.69, 9.17) is 11.6 Å². The predicted molar refractivity (Wildman–Crippen MR) is 120 cm³/mol. The number of nitrogens with zero attached hydrogens (tertiary/aromatic N) is 2. The van der Waals surface area contributed by atoms with Gasteiger partial charge in [-0.1, -0.05) is 48.0 Å². The highest BCUT2D eigenvalue weighted by atomic mass is 35.5. The fourth-order valence-corrected chi connectivity index (χ4v) is 3.28. The smallest absolute Gasteiger partial charge is 0.275 e. The molecule has 0 aliphatic carbocycles. The first kappa shape index (κ1) is 20.3. The highest BCUT2D eigenvalue weighted by molar-refractivity contribution is 6.34. The second-order valence-corrected chi connectivity index (χ2v) is 7.16. The molecule has 0 aliphatic rings. The fraction of sp³-hybridized carbons (Fsp3) is 0.0435. The number of hydrogen-bond donors (Lipinski definition) is 2. The van der Waals surface area contributed by atoms with Crippen LogP contribution in [-0.4, -0.2) is 21.6 Å². The number of halogens is 1. The van der Waals surface area contributed by atoms with Gasteiger partial charge in [0, 0.05) is 16.8 Å². The van der Waals surface area contributed by atoms with E-state index < -0.39 is 11.8 Å². The van der Waals surface area contributed by atoms with Crippen LogP contribution in [0.3, 0.4) is 0 Å². The van der Waals surface area contributed by atoms with E-state index in [0.717, 1.165) is 4.68 Å². The highest BCUT2D eigenvalue weighted by Crippen LogP contribution is 2.22. The number of carbonyl (C=O) groups excluding carboxylic acids is 2. The van der Waals surface area contributed by atoms with Gasteiger partial charge < -0.3 is 10.6 Å². The van der Waals surface area contributed by atoms with Crippen molar-refractivity contribution in [3.8, 4) is 0 Å². The van der Waals surface area contributed by atoms with Crippen LogP contribution in [0.15, 0.2) is 83.8 Å². The molecule has 0 saturated carbocycles. The normalized spacial score (nSPS) is 10.6. The van der Waals surface area contributed by atoms with E-state index in [1.54, 1.807) is 54.7 Å². The lowest BCUT2D eigenvalue weighted by molar-refractivity contribution is -0.117. The summed E-state index contributed by atoms with van der Waals surface area (Å²) < 4.78 is 1.09. The quantitative estimate of drug-likeness (QED) is 0.499. The molecule has 0 radical (unpaired) electrons. The van der Waals surface area contributed by atoms with Crippen LogP contribution in [0, 0.1) is 0 Å². The van der Waals surface area contributed by atoms with Crippen molar-refractivity contribution in [2.75, 3.05) is 10.6 Å². The summed E-state index contributed by atoms with van der Waals surface area (Å²) in [6, 6.07) is 20.6. The van der Waals surface area contributed by atoms with Crippen LogP contribution >= 0.6 is 11.6 Å². The molecular formula is C23H17ClN4O3. The van der Waals surface area contributed by atoms with Crippen LogP contribution in [0.2, 0.25) is 5.02 Å². The zero-order valence-corrected chi connectivity index (χ0v) is 17.0. The van der Waals surface area contributed by atoms with Gasteiger partial charge in [-0.25, -0.2) is 4.68 Å². The molecule has 4 aromatic rings. The van der Waals surface area contributed by atoms with Gasteiger partial charge in [-0.15, -0.1) is 0 Å². The van der Waals surface area contributed by atoms with Crippen molar-refractivity contribution in [2.45, 2.75) is 6.54 Å². The van der Waals surface area contributed by atoms with E-state index in [1.807, 2.05) is 12.1 Å². The third-order valence-electron chi connectivity index (χ3n) is 4.58. The number of rotatable bonds is 5. The third kappa shape index (κ3) is 4.62. The lowest BCUT2D eigenvalue weighted by atomic mass is 10.1. The number of para-hydroxylation sites is 1. The van der Waals surface area contributed by atoms with Crippen LogP contribution in [0.1, 0.15) is 10.4 Å². The Morgan fingerprint density at radius 2 is 1.65 bits per heavy atom. The summed E-state index contributed by atoms with van der Waals surface area (Å²) >= 11 is 6.17. The molecule has 0 saturated heterocycles. The summed E-state index contributed by atoms with van der Waals surface area (Å²) in [6.07, 6.45) is 1.54. The minimum atomic E-state index is -0.457. The first-order valence-corrected chi connectivity index (χ1v) is 9.80. The monoisotopic (exact) mass is 432 g/mol. The fourth-order valence-electron chi connectivity index (χ4n) is 3.07. The maximum Gasteiger partial charge on any atom is 0.275 e. The van der Waals surface area contributed by atoms with Crippen molar-refractivity contribution in [3.05, 3.63) is 99.9 Å². The molecule has 7 nitrogen and oxygen atoms in total. The molecule has 3 aromatic carbocycles. The Hall–Kier alpha value is -3.97. The van der Waals surface area contributed by atoms with Crippen LogP contribution in [0.5, 0.6) is 0 Å². The van der Waals surface area contributed by atoms with Crippen LogP contribution in [0.4, 0.5) is 11.4 Å². The second kappa shape index (κ2) is 8.81. The molecule has 0 unspecified atom stereocenters. The molecule has 1 heterocycles. The predicted octanol–water partition coefficient (Wildman–Crippen LogP) is 3.94. The van der Waals surface area contributed by atoms with Gasteiger partial charge in [0.1, 0.15) is 6.54 Å². The maximum atomic E-state index is 12.6. The van der Waals surface area contributed by atoms with Gasteiger partial charge in [0.05, 0.1) is 22.2 Å². The molecule has 0 atom stereocenters. The second-order valence-electron chi connectivity index (χ2n) is 6.76. The molecule has 0 bridgehead atoms. The topological polar surface area (TPSA) is 93.1 Å². The van der Waals surface area contributed by atoms with E-state index in [-0.39, 0.29) is 22.7 Å². The molecule has 0 fully saturated rings. The Kier molecular flexibility index (Phi) is 5.77. The summed E-state index contributed by atoms with van der Waals surface area (Å²) in [7, 11) is 0. The van der Waals surface area contributed by atoms with Gasteiger partial charge in [0.25, 0.3) is 11.5 Å². The van der Waals surface area contributed by atoms with Gasteiger partial charge in [-0.2, -0.15) is 5.10 Å². The summed E-state index contributed by atoms with van der Waals surface area (Å²) in [5.74, 6) is -0.860. The number of nitrogens with one attached hydrogen (secondary N) is 2. The molecule has 2 N–H and O–H groups in total. The molecule has 2 amide bonds. The number of benzene rings is 3. The lowest BCUT2D eigenvalue weighted by Gasteiger charge is -2.11. The molecule has 0 spiro atoms. The van der Waals surface area contributed by atoms with Gasteiger partial charge in [0.2, 0.25) is 5.91 Å². The molecule has 4 rings (SSSR count). The zero-order chi connectivity index (χ0) is 21.8. The van der Waals surface area contributed by atoms with E-state index in [0.29, 0.717) is 22.1 Å². The van der Waals surface area contributed by atoms with Gasteiger partial charge in [-0.05, 0) is 36.4 Å². The number of anilines is 2. The Bertz CT molecular complexity index is 1340. The van der Waals surface area contributed by atoms with Gasteiger partial charge in [0.15, 0.2) is 0 Å². The van der Waals surface area contributed by atoms with Crippen LogP contribution in [-0.2, 0) is 11.3 Å². The van der Waals surface area contributed by atoms with Crippen molar-refractivity contribution >= 4 is 45.6 Å². The Labute approximate surface area is 182 Å². The van der Waals surface area contributed by atoms with E-state index in [1.165, 1.54) is 12.1 Å². The average Bonchev–Trinajstić information content (AvgIpc) is 2.78. The lowest BCUT2D eigenvalue weighted by Crippen LogP contribution is -2.29. The molecule has 0 aliphatic heterocycles. The molecule has 1 aromatic heterocycles. The van der Waals surface area contributed by atoms with Crippen molar-refractivity contribution in [2.24, 2.45) is 0 Å². The zero-order valence-electron chi connectivity index (χ0n) is 16.2. The van der Waals surface area contributed by atoms with E-state index in [2.05, 4.69) is 15.7 Å². The first-order valence-electron chi connectivity index (χ1n) is 9.42. The number of aromatic nitrogens is 2. The third-order valence-corrected chi connectivity index (χ3v) is 4.91. The average molecular weight is 433 g/mol. The SMILES string of the molecule is O=C(Cn1ncc2ccccc2c1=O)Nc1ccc(Cl)c(C(=O)Nc2ccccc2)c1. The molecule has 31 heavy (non-hydrogen) atoms. The molecule has 8 heteroatoms. The number of amides is 2. The number of fused-ring (bicyclic) bond motifs is 1.